The molecule has 1 aliphatic heterocycles. The van der Waals surface area contributed by atoms with Crippen molar-refractivity contribution in [1.29, 1.82) is 0 Å². The number of esters is 1. The Morgan fingerprint density at radius 3 is 2.75 bits per heavy atom. The first kappa shape index (κ1) is 13.0. The summed E-state index contributed by atoms with van der Waals surface area (Å²) in [6, 6.07) is 6.93. The fraction of sp³-hybridized carbons (Fsp3) is 0.286. The van der Waals surface area contributed by atoms with Crippen LogP contribution in [0.3, 0.4) is 0 Å². The fourth-order valence-electron chi connectivity index (χ4n) is 2.20. The topological polar surface area (TPSA) is 57.7 Å². The highest BCUT2D eigenvalue weighted by atomic mass is 19.1. The molecule has 1 fully saturated rings. The van der Waals surface area contributed by atoms with Crippen molar-refractivity contribution in [2.45, 2.75) is 6.29 Å². The van der Waals surface area contributed by atoms with E-state index in [1.54, 1.807) is 24.3 Å². The average molecular weight is 277 g/mol. The molecule has 104 valence electrons. The van der Waals surface area contributed by atoms with Crippen LogP contribution in [0.1, 0.15) is 22.3 Å². The summed E-state index contributed by atoms with van der Waals surface area (Å²) >= 11 is 0. The van der Waals surface area contributed by atoms with Gasteiger partial charge in [-0.3, -0.25) is 0 Å². The van der Waals surface area contributed by atoms with Crippen LogP contribution in [-0.2, 0) is 14.2 Å². The molecule has 0 aliphatic carbocycles. The number of rotatable bonds is 2. The molecule has 3 rings (SSSR count). The number of carbonyl (C=O) groups excluding carboxylic acids is 1. The Balaban J connectivity index is 2.28. The summed E-state index contributed by atoms with van der Waals surface area (Å²) in [5.74, 6) is -1.59. The van der Waals surface area contributed by atoms with Gasteiger partial charge in [-0.2, -0.15) is 0 Å². The van der Waals surface area contributed by atoms with Crippen molar-refractivity contribution >= 4 is 16.9 Å². The van der Waals surface area contributed by atoms with Crippen LogP contribution in [-0.4, -0.2) is 31.3 Å². The molecule has 0 unspecified atom stereocenters. The van der Waals surface area contributed by atoms with Gasteiger partial charge in [0, 0.05) is 5.39 Å². The van der Waals surface area contributed by atoms with Gasteiger partial charge in [-0.25, -0.2) is 14.2 Å². The third-order valence-corrected chi connectivity index (χ3v) is 3.11. The Bertz CT molecular complexity index is 668. The van der Waals surface area contributed by atoms with Crippen LogP contribution < -0.4 is 0 Å². The number of ether oxygens (including phenoxy) is 3. The van der Waals surface area contributed by atoms with Crippen molar-refractivity contribution in [3.8, 4) is 0 Å². The minimum absolute atomic E-state index is 0.188. The van der Waals surface area contributed by atoms with E-state index in [9.17, 15) is 9.18 Å². The largest absolute Gasteiger partial charge is 0.464 e. The molecule has 0 radical (unpaired) electrons. The highest BCUT2D eigenvalue weighted by Gasteiger charge is 2.29. The van der Waals surface area contributed by atoms with Crippen LogP contribution in [0.2, 0.25) is 0 Å². The molecule has 1 aromatic carbocycles. The molecular formula is C14H12FNO4. The number of hydrogen-bond donors (Lipinski definition) is 0. The first-order valence-corrected chi connectivity index (χ1v) is 6.12. The molecule has 1 aliphatic rings. The number of nitrogens with zero attached hydrogens (tertiary/aromatic N) is 1. The van der Waals surface area contributed by atoms with Crippen LogP contribution in [0.5, 0.6) is 0 Å². The van der Waals surface area contributed by atoms with Gasteiger partial charge in [0.15, 0.2) is 17.8 Å². The third kappa shape index (κ3) is 2.03. The summed E-state index contributed by atoms with van der Waals surface area (Å²) in [5.41, 5.74) is 0.317. The summed E-state index contributed by atoms with van der Waals surface area (Å²) in [5, 5.41) is 0.560. The number of hydrogen-bond acceptors (Lipinski definition) is 5. The Labute approximate surface area is 114 Å². The Morgan fingerprint density at radius 1 is 1.35 bits per heavy atom. The van der Waals surface area contributed by atoms with Crippen molar-refractivity contribution in [3.05, 3.63) is 41.3 Å². The standard InChI is InChI=1S/C14H12FNO4/c1-18-13(17)12-11(15)10(14-19-6-7-20-14)8-4-2-3-5-9(8)16-12/h2-5,14H,6-7H2,1H3. The Hall–Kier alpha value is -2.05. The molecule has 2 aromatic rings. The predicted molar refractivity (Wildman–Crippen MR) is 67.7 cm³/mol. The van der Waals surface area contributed by atoms with E-state index >= 15 is 0 Å². The van der Waals surface area contributed by atoms with Gasteiger partial charge in [0.1, 0.15) is 0 Å². The molecule has 0 saturated carbocycles. The van der Waals surface area contributed by atoms with Crippen LogP contribution in [0.15, 0.2) is 24.3 Å². The molecule has 1 aromatic heterocycles. The van der Waals surface area contributed by atoms with Crippen molar-refractivity contribution in [2.75, 3.05) is 20.3 Å². The van der Waals surface area contributed by atoms with Gasteiger partial charge >= 0.3 is 5.97 Å². The second-order valence-electron chi connectivity index (χ2n) is 4.27. The molecular weight excluding hydrogens is 265 g/mol. The van der Waals surface area contributed by atoms with Gasteiger partial charge in [0.05, 0.1) is 31.4 Å². The minimum Gasteiger partial charge on any atom is -0.464 e. The van der Waals surface area contributed by atoms with Gasteiger partial charge < -0.3 is 14.2 Å². The number of carbonyl (C=O) groups is 1. The van der Waals surface area contributed by atoms with Crippen LogP contribution in [0.25, 0.3) is 10.9 Å². The first-order chi connectivity index (χ1) is 9.72. The molecule has 20 heavy (non-hydrogen) atoms. The molecule has 0 bridgehead atoms. The lowest BCUT2D eigenvalue weighted by Gasteiger charge is -2.15. The maximum absolute atomic E-state index is 14.6. The van der Waals surface area contributed by atoms with Gasteiger partial charge in [0.2, 0.25) is 0 Å². The quantitative estimate of drug-likeness (QED) is 0.788. The van der Waals surface area contributed by atoms with Crippen molar-refractivity contribution in [3.63, 3.8) is 0 Å². The SMILES string of the molecule is COC(=O)c1nc2ccccc2c(C2OCCO2)c1F. The van der Waals surface area contributed by atoms with E-state index in [0.29, 0.717) is 24.1 Å². The molecule has 2 heterocycles. The first-order valence-electron chi connectivity index (χ1n) is 6.12. The Kier molecular flexibility index (Phi) is 3.33. The van der Waals surface area contributed by atoms with Crippen LogP contribution in [0, 0.1) is 5.82 Å². The number of methoxy groups -OCH3 is 1. The number of halogens is 1. The van der Waals surface area contributed by atoms with Crippen molar-refractivity contribution in [1.82, 2.24) is 4.98 Å². The maximum atomic E-state index is 14.6. The molecule has 5 nitrogen and oxygen atoms in total. The van der Waals surface area contributed by atoms with Crippen molar-refractivity contribution < 1.29 is 23.4 Å². The van der Waals surface area contributed by atoms with Gasteiger partial charge in [-0.15, -0.1) is 0 Å². The Morgan fingerprint density at radius 2 is 2.05 bits per heavy atom. The van der Waals surface area contributed by atoms with Crippen molar-refractivity contribution in [2.24, 2.45) is 0 Å². The summed E-state index contributed by atoms with van der Waals surface area (Å²) in [6.45, 7) is 0.766. The predicted octanol–water partition coefficient (Wildman–Crippen LogP) is 2.21. The van der Waals surface area contributed by atoms with E-state index in [2.05, 4.69) is 9.72 Å². The zero-order valence-corrected chi connectivity index (χ0v) is 10.8. The molecule has 0 spiro atoms. The molecule has 1 saturated heterocycles. The number of para-hydroxylation sites is 1. The number of pyridine rings is 1. The number of fused-ring (bicyclic) bond motifs is 1. The second-order valence-corrected chi connectivity index (χ2v) is 4.27. The monoisotopic (exact) mass is 277 g/mol. The normalized spacial score (nSPS) is 15.7. The summed E-state index contributed by atoms with van der Waals surface area (Å²) in [7, 11) is 1.18. The number of benzene rings is 1. The van der Waals surface area contributed by atoms with Gasteiger partial charge in [-0.1, -0.05) is 18.2 Å². The van der Waals surface area contributed by atoms with E-state index in [1.807, 2.05) is 0 Å². The third-order valence-electron chi connectivity index (χ3n) is 3.11. The highest BCUT2D eigenvalue weighted by molar-refractivity contribution is 5.93. The van der Waals surface area contributed by atoms with E-state index in [0.717, 1.165) is 0 Å². The highest BCUT2D eigenvalue weighted by Crippen LogP contribution is 2.32. The van der Waals surface area contributed by atoms with Gasteiger partial charge in [0.25, 0.3) is 0 Å². The lowest BCUT2D eigenvalue weighted by molar-refractivity contribution is -0.0454. The maximum Gasteiger partial charge on any atom is 0.359 e. The van der Waals surface area contributed by atoms with Crippen LogP contribution >= 0.6 is 0 Å². The zero-order chi connectivity index (χ0) is 14.1. The van der Waals surface area contributed by atoms with E-state index < -0.39 is 18.1 Å². The van der Waals surface area contributed by atoms with Crippen LogP contribution in [0.4, 0.5) is 4.39 Å². The summed E-state index contributed by atoms with van der Waals surface area (Å²) in [6.07, 6.45) is -0.827. The molecule has 6 heteroatoms. The number of aromatic nitrogens is 1. The second kappa shape index (κ2) is 5.15. The molecule has 0 N–H and O–H groups in total. The summed E-state index contributed by atoms with van der Waals surface area (Å²) in [4.78, 5) is 15.7. The zero-order valence-electron chi connectivity index (χ0n) is 10.8. The molecule has 0 atom stereocenters. The molecule has 0 amide bonds. The minimum atomic E-state index is -0.827. The fourth-order valence-corrected chi connectivity index (χ4v) is 2.20. The van der Waals surface area contributed by atoms with E-state index in [1.165, 1.54) is 7.11 Å². The average Bonchev–Trinajstić information content (AvgIpc) is 2.99. The lowest BCUT2D eigenvalue weighted by atomic mass is 10.1. The van der Waals surface area contributed by atoms with Gasteiger partial charge in [-0.05, 0) is 6.07 Å². The smallest absolute Gasteiger partial charge is 0.359 e. The summed E-state index contributed by atoms with van der Waals surface area (Å²) < 4.78 is 29.8. The van der Waals surface area contributed by atoms with E-state index in [-0.39, 0.29) is 11.3 Å². The van der Waals surface area contributed by atoms with E-state index in [4.69, 9.17) is 9.47 Å². The lowest BCUT2D eigenvalue weighted by Crippen LogP contribution is -2.13.